The second-order valence-corrected chi connectivity index (χ2v) is 6.08. The zero-order valence-corrected chi connectivity index (χ0v) is 11.7. The summed E-state index contributed by atoms with van der Waals surface area (Å²) in [7, 11) is -0.625. The minimum absolute atomic E-state index is 0.191. The van der Waals surface area contributed by atoms with Gasteiger partial charge in [0.1, 0.15) is 10.6 Å². The molecule has 0 amide bonds. The number of sulfonamides is 1. The van der Waals surface area contributed by atoms with Gasteiger partial charge in [0.2, 0.25) is 10.0 Å². The lowest BCUT2D eigenvalue weighted by Crippen LogP contribution is -2.20. The molecule has 5 heteroatoms. The van der Waals surface area contributed by atoms with Gasteiger partial charge in [-0.15, -0.1) is 0 Å². The number of aryl methyl sites for hydroxylation is 1. The van der Waals surface area contributed by atoms with E-state index < -0.39 is 10.0 Å². The first-order chi connectivity index (χ1) is 7.83. The van der Waals surface area contributed by atoms with Crippen LogP contribution in [0.25, 0.3) is 0 Å². The Morgan fingerprint density at radius 2 is 1.88 bits per heavy atom. The molecule has 0 radical (unpaired) electrons. The normalized spacial score (nSPS) is 11.9. The van der Waals surface area contributed by atoms with Gasteiger partial charge in [-0.1, -0.05) is 13.8 Å². The summed E-state index contributed by atoms with van der Waals surface area (Å²) >= 11 is 0. The fourth-order valence-corrected chi connectivity index (χ4v) is 2.69. The average Bonchev–Trinajstić information content (AvgIpc) is 2.27. The van der Waals surface area contributed by atoms with Gasteiger partial charge in [0.15, 0.2) is 0 Å². The smallest absolute Gasteiger partial charge is 0.244 e. The lowest BCUT2D eigenvalue weighted by atomic mass is 9.98. The Labute approximate surface area is 103 Å². The number of hydrogen-bond acceptors (Lipinski definition) is 3. The van der Waals surface area contributed by atoms with E-state index in [9.17, 15) is 8.42 Å². The summed E-state index contributed by atoms with van der Waals surface area (Å²) in [4.78, 5) is 0.191. The molecule has 0 spiro atoms. The summed E-state index contributed by atoms with van der Waals surface area (Å²) in [5.41, 5.74) is 2.05. The maximum atomic E-state index is 11.9. The summed E-state index contributed by atoms with van der Waals surface area (Å²) in [6.45, 7) is 6.02. The van der Waals surface area contributed by atoms with Gasteiger partial charge in [0, 0.05) is 0 Å². The van der Waals surface area contributed by atoms with Crippen LogP contribution in [0.15, 0.2) is 17.0 Å². The van der Waals surface area contributed by atoms with Gasteiger partial charge in [-0.2, -0.15) is 0 Å². The number of benzene rings is 1. The molecule has 0 heterocycles. The van der Waals surface area contributed by atoms with Gasteiger partial charge in [0.25, 0.3) is 0 Å². The topological polar surface area (TPSA) is 55.4 Å². The highest BCUT2D eigenvalue weighted by Crippen LogP contribution is 2.30. The molecule has 0 aliphatic rings. The predicted octanol–water partition coefficient (Wildman–Crippen LogP) is 2.04. The van der Waals surface area contributed by atoms with Crippen molar-refractivity contribution in [3.63, 3.8) is 0 Å². The molecular weight excluding hydrogens is 238 g/mol. The van der Waals surface area contributed by atoms with E-state index in [2.05, 4.69) is 4.72 Å². The van der Waals surface area contributed by atoms with Crippen molar-refractivity contribution in [3.8, 4) is 5.75 Å². The third-order valence-electron chi connectivity index (χ3n) is 2.73. The largest absolute Gasteiger partial charge is 0.495 e. The Balaban J connectivity index is 3.53. The second-order valence-electron chi connectivity index (χ2n) is 4.22. The van der Waals surface area contributed by atoms with E-state index in [0.29, 0.717) is 5.75 Å². The molecule has 0 aliphatic heterocycles. The first kappa shape index (κ1) is 14.0. The van der Waals surface area contributed by atoms with Gasteiger partial charge in [-0.3, -0.25) is 0 Å². The van der Waals surface area contributed by atoms with E-state index >= 15 is 0 Å². The average molecular weight is 257 g/mol. The van der Waals surface area contributed by atoms with Crippen LogP contribution in [0.2, 0.25) is 0 Å². The molecule has 0 aromatic heterocycles. The maximum absolute atomic E-state index is 11.9. The molecule has 17 heavy (non-hydrogen) atoms. The Morgan fingerprint density at radius 1 is 1.29 bits per heavy atom. The molecule has 0 atom stereocenters. The first-order valence-corrected chi connectivity index (χ1v) is 6.94. The number of ether oxygens (including phenoxy) is 1. The second kappa shape index (κ2) is 5.06. The quantitative estimate of drug-likeness (QED) is 0.898. The Kier molecular flexibility index (Phi) is 4.16. The molecule has 1 aromatic rings. The van der Waals surface area contributed by atoms with Gasteiger partial charge in [0.05, 0.1) is 7.11 Å². The van der Waals surface area contributed by atoms with Crippen LogP contribution in [-0.4, -0.2) is 22.6 Å². The molecule has 1 aromatic carbocycles. The summed E-state index contributed by atoms with van der Waals surface area (Å²) in [6, 6.07) is 3.45. The molecule has 0 saturated carbocycles. The lowest BCUT2D eigenvalue weighted by Gasteiger charge is -2.15. The van der Waals surface area contributed by atoms with Crippen molar-refractivity contribution in [2.45, 2.75) is 31.6 Å². The third kappa shape index (κ3) is 2.79. The minimum atomic E-state index is -3.49. The summed E-state index contributed by atoms with van der Waals surface area (Å²) < 4.78 is 31.2. The summed E-state index contributed by atoms with van der Waals surface area (Å²) in [5, 5.41) is 0. The van der Waals surface area contributed by atoms with Crippen molar-refractivity contribution in [2.75, 3.05) is 14.2 Å². The highest BCUT2D eigenvalue weighted by Gasteiger charge is 2.20. The molecule has 0 unspecified atom stereocenters. The molecule has 1 N–H and O–H groups in total. The maximum Gasteiger partial charge on any atom is 0.244 e. The van der Waals surface area contributed by atoms with Crippen molar-refractivity contribution in [3.05, 3.63) is 23.3 Å². The van der Waals surface area contributed by atoms with Crippen LogP contribution >= 0.6 is 0 Å². The van der Waals surface area contributed by atoms with E-state index in [1.807, 2.05) is 20.8 Å². The Morgan fingerprint density at radius 3 is 2.29 bits per heavy atom. The predicted molar refractivity (Wildman–Crippen MR) is 68.1 cm³/mol. The SMILES string of the molecule is CNS(=O)(=O)c1cc(C(C)C)c(C)cc1OC. The van der Waals surface area contributed by atoms with Crippen LogP contribution in [0.4, 0.5) is 0 Å². The lowest BCUT2D eigenvalue weighted by molar-refractivity contribution is 0.401. The van der Waals surface area contributed by atoms with Crippen LogP contribution in [0.3, 0.4) is 0 Å². The van der Waals surface area contributed by atoms with Crippen LogP contribution in [0, 0.1) is 6.92 Å². The molecule has 0 fully saturated rings. The van der Waals surface area contributed by atoms with Gasteiger partial charge in [-0.25, -0.2) is 13.1 Å². The Hall–Kier alpha value is -1.07. The highest BCUT2D eigenvalue weighted by molar-refractivity contribution is 7.89. The van der Waals surface area contributed by atoms with Crippen molar-refractivity contribution in [2.24, 2.45) is 0 Å². The van der Waals surface area contributed by atoms with Crippen molar-refractivity contribution < 1.29 is 13.2 Å². The van der Waals surface area contributed by atoms with Gasteiger partial charge < -0.3 is 4.74 Å². The Bertz CT molecular complexity index is 507. The first-order valence-electron chi connectivity index (χ1n) is 5.45. The summed E-state index contributed by atoms with van der Waals surface area (Å²) in [6.07, 6.45) is 0. The molecule has 1 rings (SSSR count). The van der Waals surface area contributed by atoms with E-state index in [1.165, 1.54) is 14.2 Å². The molecule has 0 saturated heterocycles. The number of hydrogen-bond donors (Lipinski definition) is 1. The number of nitrogens with one attached hydrogen (secondary N) is 1. The number of methoxy groups -OCH3 is 1. The zero-order valence-electron chi connectivity index (χ0n) is 10.9. The zero-order chi connectivity index (χ0) is 13.2. The fraction of sp³-hybridized carbons (Fsp3) is 0.500. The van der Waals surface area contributed by atoms with E-state index in [0.717, 1.165) is 11.1 Å². The van der Waals surface area contributed by atoms with Crippen LogP contribution in [-0.2, 0) is 10.0 Å². The van der Waals surface area contributed by atoms with Crippen molar-refractivity contribution >= 4 is 10.0 Å². The van der Waals surface area contributed by atoms with Crippen molar-refractivity contribution in [1.29, 1.82) is 0 Å². The van der Waals surface area contributed by atoms with E-state index in [-0.39, 0.29) is 10.8 Å². The molecule has 0 bridgehead atoms. The van der Waals surface area contributed by atoms with Crippen LogP contribution in [0.5, 0.6) is 5.75 Å². The van der Waals surface area contributed by atoms with E-state index in [4.69, 9.17) is 4.74 Å². The van der Waals surface area contributed by atoms with Gasteiger partial charge >= 0.3 is 0 Å². The summed E-state index contributed by atoms with van der Waals surface area (Å²) in [5.74, 6) is 0.646. The van der Waals surface area contributed by atoms with Crippen LogP contribution < -0.4 is 9.46 Å². The van der Waals surface area contributed by atoms with Crippen LogP contribution in [0.1, 0.15) is 30.9 Å². The molecule has 0 aliphatic carbocycles. The van der Waals surface area contributed by atoms with Crippen molar-refractivity contribution in [1.82, 2.24) is 4.72 Å². The number of rotatable bonds is 4. The third-order valence-corrected chi connectivity index (χ3v) is 4.17. The highest BCUT2D eigenvalue weighted by atomic mass is 32.2. The monoisotopic (exact) mass is 257 g/mol. The minimum Gasteiger partial charge on any atom is -0.495 e. The molecule has 4 nitrogen and oxygen atoms in total. The molecular formula is C12H19NO3S. The molecule has 96 valence electrons. The fourth-order valence-electron chi connectivity index (χ4n) is 1.78. The standard InChI is InChI=1S/C12H19NO3S/c1-8(2)10-7-12(17(14,15)13-4)11(16-5)6-9(10)3/h6-8,13H,1-5H3. The van der Waals surface area contributed by atoms with Gasteiger partial charge in [-0.05, 0) is 43.1 Å². The van der Waals surface area contributed by atoms with E-state index in [1.54, 1.807) is 12.1 Å².